The largest absolute Gasteiger partial charge is 0.372 e. The third-order valence-corrected chi connectivity index (χ3v) is 3.93. The summed E-state index contributed by atoms with van der Waals surface area (Å²) in [5.74, 6) is 1.09. The Bertz CT molecular complexity index is 621. The summed E-state index contributed by atoms with van der Waals surface area (Å²) in [6.07, 6.45) is 1.17. The van der Waals surface area contributed by atoms with Gasteiger partial charge >= 0.3 is 0 Å². The first-order valence-corrected chi connectivity index (χ1v) is 7.15. The van der Waals surface area contributed by atoms with Crippen LogP contribution < -0.4 is 9.80 Å². The molecule has 0 aliphatic carbocycles. The smallest absolute Gasteiger partial charge is 0.152 e. The van der Waals surface area contributed by atoms with Gasteiger partial charge in [-0.2, -0.15) is 0 Å². The molecule has 1 aliphatic heterocycles. The average Bonchev–Trinajstić information content (AvgIpc) is 2.59. The molecule has 0 saturated carbocycles. The predicted molar refractivity (Wildman–Crippen MR) is 85.6 cm³/mol. The molecule has 1 aliphatic rings. The fraction of sp³-hybridized carbons (Fsp3) is 0.353. The van der Waals surface area contributed by atoms with Gasteiger partial charge in [-0.15, -0.1) is 0 Å². The van der Waals surface area contributed by atoms with Crippen LogP contribution in [0.3, 0.4) is 0 Å². The van der Waals surface area contributed by atoms with Crippen molar-refractivity contribution in [3.05, 3.63) is 42.0 Å². The summed E-state index contributed by atoms with van der Waals surface area (Å²) in [6, 6.07) is 12.9. The van der Waals surface area contributed by atoms with Gasteiger partial charge in [0, 0.05) is 32.7 Å². The lowest BCUT2D eigenvalue weighted by atomic mass is 10.1. The molecule has 20 heavy (non-hydrogen) atoms. The van der Waals surface area contributed by atoms with Gasteiger partial charge in [0.15, 0.2) is 5.82 Å². The summed E-state index contributed by atoms with van der Waals surface area (Å²) in [5.41, 5.74) is 4.73. The third-order valence-electron chi connectivity index (χ3n) is 3.93. The zero-order chi connectivity index (χ0) is 14.1. The number of benzene rings is 1. The maximum Gasteiger partial charge on any atom is 0.152 e. The average molecular weight is 267 g/mol. The Morgan fingerprint density at radius 1 is 1.00 bits per heavy atom. The molecular formula is C17H21N3. The fourth-order valence-electron chi connectivity index (χ4n) is 2.76. The fourth-order valence-corrected chi connectivity index (χ4v) is 2.76. The zero-order valence-electron chi connectivity index (χ0n) is 12.4. The van der Waals surface area contributed by atoms with Crippen LogP contribution in [-0.4, -0.2) is 32.2 Å². The van der Waals surface area contributed by atoms with E-state index < -0.39 is 0 Å². The minimum atomic E-state index is 1.05. The van der Waals surface area contributed by atoms with Crippen LogP contribution in [0.2, 0.25) is 0 Å². The number of rotatable bonds is 1. The van der Waals surface area contributed by atoms with Crippen LogP contribution in [0.15, 0.2) is 36.4 Å². The van der Waals surface area contributed by atoms with E-state index in [-0.39, 0.29) is 0 Å². The number of nitrogens with zero attached hydrogens (tertiary/aromatic N) is 3. The van der Waals surface area contributed by atoms with Crippen LogP contribution in [0.25, 0.3) is 11.3 Å². The van der Waals surface area contributed by atoms with Crippen molar-refractivity contribution in [1.82, 2.24) is 4.98 Å². The number of fused-ring (bicyclic) bond motifs is 1. The van der Waals surface area contributed by atoms with E-state index in [1.54, 1.807) is 0 Å². The molecular weight excluding hydrogens is 246 g/mol. The molecule has 0 N–H and O–H groups in total. The molecule has 0 radical (unpaired) electrons. The number of aromatic nitrogens is 1. The van der Waals surface area contributed by atoms with Gasteiger partial charge in [-0.25, -0.2) is 4.98 Å². The van der Waals surface area contributed by atoms with Crippen LogP contribution >= 0.6 is 0 Å². The van der Waals surface area contributed by atoms with Crippen molar-refractivity contribution in [2.45, 2.75) is 13.3 Å². The number of hydrogen-bond acceptors (Lipinski definition) is 3. The van der Waals surface area contributed by atoms with Crippen molar-refractivity contribution in [2.24, 2.45) is 0 Å². The van der Waals surface area contributed by atoms with E-state index in [0.29, 0.717) is 0 Å². The van der Waals surface area contributed by atoms with Crippen molar-refractivity contribution in [2.75, 3.05) is 37.0 Å². The van der Waals surface area contributed by atoms with E-state index in [9.17, 15) is 0 Å². The van der Waals surface area contributed by atoms with Crippen LogP contribution in [0.4, 0.5) is 11.5 Å². The second kappa shape index (κ2) is 5.16. The lowest BCUT2D eigenvalue weighted by Gasteiger charge is -2.22. The number of anilines is 2. The van der Waals surface area contributed by atoms with Crippen molar-refractivity contribution < 1.29 is 0 Å². The van der Waals surface area contributed by atoms with Gasteiger partial charge in [0.2, 0.25) is 0 Å². The first-order chi connectivity index (χ1) is 9.65. The molecule has 0 saturated heterocycles. The van der Waals surface area contributed by atoms with Crippen molar-refractivity contribution in [3.63, 3.8) is 0 Å². The molecule has 0 amide bonds. The molecule has 1 aromatic carbocycles. The molecule has 0 bridgehead atoms. The van der Waals surface area contributed by atoms with Crippen LogP contribution in [0, 0.1) is 6.92 Å². The summed E-state index contributed by atoms with van der Waals surface area (Å²) < 4.78 is 0. The molecule has 3 heteroatoms. The Kier molecular flexibility index (Phi) is 3.35. The van der Waals surface area contributed by atoms with Crippen molar-refractivity contribution in [1.29, 1.82) is 0 Å². The molecule has 0 atom stereocenters. The number of pyridine rings is 1. The lowest BCUT2D eigenvalue weighted by Crippen LogP contribution is -2.18. The quantitative estimate of drug-likeness (QED) is 0.790. The summed E-state index contributed by atoms with van der Waals surface area (Å²) in [6.45, 7) is 4.26. The lowest BCUT2D eigenvalue weighted by molar-refractivity contribution is 0.788. The van der Waals surface area contributed by atoms with E-state index in [1.165, 1.54) is 23.2 Å². The van der Waals surface area contributed by atoms with Crippen LogP contribution in [0.1, 0.15) is 12.0 Å². The maximum absolute atomic E-state index is 4.90. The maximum atomic E-state index is 4.90. The highest BCUT2D eigenvalue weighted by molar-refractivity contribution is 5.73. The summed E-state index contributed by atoms with van der Waals surface area (Å²) in [7, 11) is 4.27. The molecule has 2 heterocycles. The number of hydrogen-bond donors (Lipinski definition) is 0. The first-order valence-electron chi connectivity index (χ1n) is 7.15. The first kappa shape index (κ1) is 13.0. The van der Waals surface area contributed by atoms with E-state index in [2.05, 4.69) is 67.2 Å². The van der Waals surface area contributed by atoms with Gasteiger partial charge in [-0.3, -0.25) is 0 Å². The Balaban J connectivity index is 2.08. The molecule has 0 unspecified atom stereocenters. The van der Waals surface area contributed by atoms with Crippen molar-refractivity contribution in [3.8, 4) is 11.3 Å². The topological polar surface area (TPSA) is 19.4 Å². The molecule has 1 aromatic heterocycles. The number of aryl methyl sites for hydroxylation is 1. The van der Waals surface area contributed by atoms with Crippen LogP contribution in [0.5, 0.6) is 0 Å². The van der Waals surface area contributed by atoms with Gasteiger partial charge in [0.25, 0.3) is 0 Å². The molecule has 0 fully saturated rings. The van der Waals surface area contributed by atoms with Gasteiger partial charge in [-0.05, 0) is 31.5 Å². The third kappa shape index (κ3) is 2.36. The van der Waals surface area contributed by atoms with E-state index in [0.717, 1.165) is 24.6 Å². The van der Waals surface area contributed by atoms with Crippen molar-refractivity contribution >= 4 is 11.5 Å². The SMILES string of the molecule is Cc1cccc(-c2ccc3c(n2)N(C)CCCN3C)c1. The minimum Gasteiger partial charge on any atom is -0.372 e. The predicted octanol–water partition coefficient (Wildman–Crippen LogP) is 3.33. The highest BCUT2D eigenvalue weighted by Crippen LogP contribution is 2.31. The molecule has 3 rings (SSSR count). The highest BCUT2D eigenvalue weighted by Gasteiger charge is 2.17. The van der Waals surface area contributed by atoms with E-state index >= 15 is 0 Å². The standard InChI is InChI=1S/C17H21N3/c1-13-6-4-7-14(12-13)15-8-9-16-17(18-15)20(3)11-5-10-19(16)2/h4,6-9,12H,5,10-11H2,1-3H3. The Morgan fingerprint density at radius 2 is 1.80 bits per heavy atom. The van der Waals surface area contributed by atoms with Gasteiger partial charge < -0.3 is 9.80 Å². The Hall–Kier alpha value is -2.03. The molecule has 104 valence electrons. The molecule has 3 nitrogen and oxygen atoms in total. The second-order valence-electron chi connectivity index (χ2n) is 5.61. The van der Waals surface area contributed by atoms with Gasteiger partial charge in [0.05, 0.1) is 11.4 Å². The van der Waals surface area contributed by atoms with E-state index in [4.69, 9.17) is 4.98 Å². The summed E-state index contributed by atoms with van der Waals surface area (Å²) in [4.78, 5) is 9.46. The molecule has 2 aromatic rings. The normalized spacial score (nSPS) is 14.9. The van der Waals surface area contributed by atoms with Crippen LogP contribution in [-0.2, 0) is 0 Å². The van der Waals surface area contributed by atoms with Gasteiger partial charge in [0.1, 0.15) is 0 Å². The van der Waals surface area contributed by atoms with E-state index in [1.807, 2.05) is 0 Å². The molecule has 0 spiro atoms. The van der Waals surface area contributed by atoms with Gasteiger partial charge in [-0.1, -0.05) is 23.8 Å². The zero-order valence-corrected chi connectivity index (χ0v) is 12.4. The highest BCUT2D eigenvalue weighted by atomic mass is 15.2. The monoisotopic (exact) mass is 267 g/mol. The minimum absolute atomic E-state index is 1.05. The summed E-state index contributed by atoms with van der Waals surface area (Å²) >= 11 is 0. The Labute approximate surface area is 120 Å². The summed E-state index contributed by atoms with van der Waals surface area (Å²) in [5, 5.41) is 0. The Morgan fingerprint density at radius 3 is 2.60 bits per heavy atom. The second-order valence-corrected chi connectivity index (χ2v) is 5.61.